The van der Waals surface area contributed by atoms with Gasteiger partial charge in [0.25, 0.3) is 0 Å². The Morgan fingerprint density at radius 2 is 1.89 bits per heavy atom. The first-order chi connectivity index (χ1) is 8.50. The molecular formula is C16H25NO. The van der Waals surface area contributed by atoms with Crippen molar-refractivity contribution in [3.05, 3.63) is 29.8 Å². The number of hydrogen-bond donors (Lipinski definition) is 1. The number of nitrogens with one attached hydrogen (secondary N) is 1. The van der Waals surface area contributed by atoms with Gasteiger partial charge in [0.05, 0.1) is 7.11 Å². The number of benzene rings is 1. The molecule has 1 aliphatic carbocycles. The molecule has 0 amide bonds. The summed E-state index contributed by atoms with van der Waals surface area (Å²) in [6, 6.07) is 8.98. The van der Waals surface area contributed by atoms with Crippen molar-refractivity contribution >= 4 is 0 Å². The van der Waals surface area contributed by atoms with Crippen molar-refractivity contribution in [1.29, 1.82) is 0 Å². The van der Waals surface area contributed by atoms with Crippen molar-refractivity contribution in [2.45, 2.75) is 46.2 Å². The molecule has 0 bridgehead atoms. The van der Waals surface area contributed by atoms with Crippen LogP contribution in [0.1, 0.15) is 39.2 Å². The summed E-state index contributed by atoms with van der Waals surface area (Å²) in [5.74, 6) is 1.70. The molecule has 2 nitrogen and oxygen atoms in total. The summed E-state index contributed by atoms with van der Waals surface area (Å²) in [6.45, 7) is 8.06. The molecule has 1 N–H and O–H groups in total. The van der Waals surface area contributed by atoms with Crippen LogP contribution in [0.15, 0.2) is 24.3 Å². The van der Waals surface area contributed by atoms with Gasteiger partial charge in [0.15, 0.2) is 0 Å². The third kappa shape index (κ3) is 3.26. The second-order valence-corrected chi connectivity index (χ2v) is 6.39. The van der Waals surface area contributed by atoms with Gasteiger partial charge in [-0.25, -0.2) is 0 Å². The summed E-state index contributed by atoms with van der Waals surface area (Å²) in [5, 5.41) is 3.70. The van der Waals surface area contributed by atoms with Crippen LogP contribution in [0, 0.1) is 11.3 Å². The molecule has 100 valence electrons. The highest BCUT2D eigenvalue weighted by molar-refractivity contribution is 5.27. The van der Waals surface area contributed by atoms with Gasteiger partial charge in [-0.1, -0.05) is 32.9 Å². The van der Waals surface area contributed by atoms with Crippen molar-refractivity contribution in [3.8, 4) is 5.75 Å². The molecule has 18 heavy (non-hydrogen) atoms. The van der Waals surface area contributed by atoms with Gasteiger partial charge >= 0.3 is 0 Å². The molecule has 2 heteroatoms. The maximum Gasteiger partial charge on any atom is 0.118 e. The molecule has 2 atom stereocenters. The lowest BCUT2D eigenvalue weighted by molar-refractivity contribution is 0.362. The number of ether oxygens (including phenoxy) is 1. The van der Waals surface area contributed by atoms with Crippen LogP contribution in [0.5, 0.6) is 5.75 Å². The van der Waals surface area contributed by atoms with E-state index in [4.69, 9.17) is 4.74 Å². The van der Waals surface area contributed by atoms with E-state index in [1.165, 1.54) is 18.4 Å². The summed E-state index contributed by atoms with van der Waals surface area (Å²) in [7, 11) is 1.70. The molecule has 0 aromatic heterocycles. The Bertz CT molecular complexity index is 383. The first-order valence-electron chi connectivity index (χ1n) is 6.86. The van der Waals surface area contributed by atoms with Gasteiger partial charge in [0, 0.05) is 12.6 Å². The number of methoxy groups -OCH3 is 1. The maximum atomic E-state index is 5.17. The molecule has 1 aliphatic rings. The summed E-state index contributed by atoms with van der Waals surface area (Å²) < 4.78 is 5.17. The minimum Gasteiger partial charge on any atom is -0.497 e. The molecule has 0 heterocycles. The van der Waals surface area contributed by atoms with Crippen LogP contribution in [0.3, 0.4) is 0 Å². The van der Waals surface area contributed by atoms with Crippen LogP contribution in [0.4, 0.5) is 0 Å². The molecule has 1 aromatic carbocycles. The lowest BCUT2D eigenvalue weighted by Crippen LogP contribution is -2.31. The van der Waals surface area contributed by atoms with E-state index in [-0.39, 0.29) is 0 Å². The van der Waals surface area contributed by atoms with E-state index in [0.717, 1.165) is 18.2 Å². The maximum absolute atomic E-state index is 5.17. The fourth-order valence-electron chi connectivity index (χ4n) is 3.16. The Morgan fingerprint density at radius 1 is 1.22 bits per heavy atom. The van der Waals surface area contributed by atoms with E-state index in [9.17, 15) is 0 Å². The van der Waals surface area contributed by atoms with Crippen LogP contribution in [-0.2, 0) is 6.54 Å². The van der Waals surface area contributed by atoms with Gasteiger partial charge < -0.3 is 10.1 Å². The van der Waals surface area contributed by atoms with E-state index in [1.807, 2.05) is 12.1 Å². The van der Waals surface area contributed by atoms with E-state index in [0.29, 0.717) is 11.5 Å². The van der Waals surface area contributed by atoms with Crippen molar-refractivity contribution in [3.63, 3.8) is 0 Å². The summed E-state index contributed by atoms with van der Waals surface area (Å²) in [4.78, 5) is 0. The Balaban J connectivity index is 1.87. The zero-order chi connectivity index (χ0) is 13.2. The SMILES string of the molecule is COc1ccc(CNC2CC(C)(C)CC2C)cc1. The lowest BCUT2D eigenvalue weighted by atomic mass is 9.91. The van der Waals surface area contributed by atoms with Crippen molar-refractivity contribution in [2.75, 3.05) is 7.11 Å². The molecule has 2 unspecified atom stereocenters. The number of rotatable bonds is 4. The fraction of sp³-hybridized carbons (Fsp3) is 0.625. The van der Waals surface area contributed by atoms with Gasteiger partial charge in [0.2, 0.25) is 0 Å². The van der Waals surface area contributed by atoms with Crippen molar-refractivity contribution in [2.24, 2.45) is 11.3 Å². The Labute approximate surface area is 111 Å². The smallest absolute Gasteiger partial charge is 0.118 e. The molecule has 0 radical (unpaired) electrons. The van der Waals surface area contributed by atoms with Crippen LogP contribution in [0.2, 0.25) is 0 Å². The predicted octanol–water partition coefficient (Wildman–Crippen LogP) is 3.61. The van der Waals surface area contributed by atoms with Gasteiger partial charge in [-0.2, -0.15) is 0 Å². The third-order valence-electron chi connectivity index (χ3n) is 4.06. The molecule has 0 spiro atoms. The summed E-state index contributed by atoms with van der Waals surface area (Å²) >= 11 is 0. The Kier molecular flexibility index (Phi) is 3.96. The fourth-order valence-corrected chi connectivity index (χ4v) is 3.16. The van der Waals surface area contributed by atoms with Crippen LogP contribution >= 0.6 is 0 Å². The topological polar surface area (TPSA) is 21.3 Å². The highest BCUT2D eigenvalue weighted by atomic mass is 16.5. The molecule has 0 aliphatic heterocycles. The second kappa shape index (κ2) is 5.31. The monoisotopic (exact) mass is 247 g/mol. The quantitative estimate of drug-likeness (QED) is 0.877. The average Bonchev–Trinajstić information content (AvgIpc) is 2.60. The van der Waals surface area contributed by atoms with Crippen LogP contribution in [-0.4, -0.2) is 13.2 Å². The second-order valence-electron chi connectivity index (χ2n) is 6.39. The Morgan fingerprint density at radius 3 is 2.39 bits per heavy atom. The van der Waals surface area contributed by atoms with Crippen LogP contribution < -0.4 is 10.1 Å². The van der Waals surface area contributed by atoms with E-state index < -0.39 is 0 Å². The normalized spacial score (nSPS) is 26.2. The van der Waals surface area contributed by atoms with E-state index >= 15 is 0 Å². The molecule has 1 saturated carbocycles. The first kappa shape index (κ1) is 13.4. The van der Waals surface area contributed by atoms with Gasteiger partial charge in [-0.3, -0.25) is 0 Å². The predicted molar refractivity (Wildman–Crippen MR) is 75.8 cm³/mol. The molecule has 0 saturated heterocycles. The largest absolute Gasteiger partial charge is 0.497 e. The zero-order valence-electron chi connectivity index (χ0n) is 12.0. The molecule has 1 aromatic rings. The van der Waals surface area contributed by atoms with Crippen molar-refractivity contribution in [1.82, 2.24) is 5.32 Å². The molecule has 2 rings (SSSR count). The third-order valence-corrected chi connectivity index (χ3v) is 4.06. The van der Waals surface area contributed by atoms with E-state index in [2.05, 4.69) is 38.2 Å². The summed E-state index contributed by atoms with van der Waals surface area (Å²) in [6.07, 6.45) is 2.61. The van der Waals surface area contributed by atoms with E-state index in [1.54, 1.807) is 7.11 Å². The molecule has 1 fully saturated rings. The highest BCUT2D eigenvalue weighted by Gasteiger charge is 2.36. The minimum absolute atomic E-state index is 0.497. The van der Waals surface area contributed by atoms with Crippen LogP contribution in [0.25, 0.3) is 0 Å². The van der Waals surface area contributed by atoms with Gasteiger partial charge in [-0.15, -0.1) is 0 Å². The minimum atomic E-state index is 0.497. The number of hydrogen-bond acceptors (Lipinski definition) is 2. The summed E-state index contributed by atoms with van der Waals surface area (Å²) in [5.41, 5.74) is 1.82. The Hall–Kier alpha value is -1.02. The molecular weight excluding hydrogens is 222 g/mol. The first-order valence-corrected chi connectivity index (χ1v) is 6.86. The van der Waals surface area contributed by atoms with Crippen molar-refractivity contribution < 1.29 is 4.74 Å². The standard InChI is InChI=1S/C16H25NO/c1-12-9-16(2,3)10-15(12)17-11-13-5-7-14(18-4)8-6-13/h5-8,12,15,17H,9-11H2,1-4H3. The average molecular weight is 247 g/mol. The van der Waals surface area contributed by atoms with Gasteiger partial charge in [-0.05, 0) is 41.9 Å². The van der Waals surface area contributed by atoms with Gasteiger partial charge in [0.1, 0.15) is 5.75 Å². The lowest BCUT2D eigenvalue weighted by Gasteiger charge is -2.18. The zero-order valence-corrected chi connectivity index (χ0v) is 12.0. The highest BCUT2D eigenvalue weighted by Crippen LogP contribution is 2.40.